The Balaban J connectivity index is 2.52. The second-order valence-electron chi connectivity index (χ2n) is 3.11. The van der Waals surface area contributed by atoms with Crippen molar-refractivity contribution in [2.24, 2.45) is 0 Å². The van der Waals surface area contributed by atoms with Crippen LogP contribution in [0.1, 0.15) is 10.6 Å². The second-order valence-corrected chi connectivity index (χ2v) is 3.11. The lowest BCUT2D eigenvalue weighted by atomic mass is 10.2. The third kappa shape index (κ3) is 1.10. The van der Waals surface area contributed by atoms with Gasteiger partial charge in [-0.1, -0.05) is 6.07 Å². The largest absolute Gasteiger partial charge is 0.294 e. The Hall–Kier alpha value is -2.30. The molecule has 0 amide bonds. The molecule has 3 heterocycles. The molecular weight excluding hydrogens is 192 g/mol. The smallest absolute Gasteiger partial charge is 0.215 e. The summed E-state index contributed by atoms with van der Waals surface area (Å²) in [7, 11) is 0. The molecule has 0 spiro atoms. The average Bonchev–Trinajstić information content (AvgIpc) is 2.72. The molecular formula is C10H6N4O. The Bertz CT molecular complexity index is 659. The lowest BCUT2D eigenvalue weighted by Gasteiger charge is -1.96. The van der Waals surface area contributed by atoms with Crippen molar-refractivity contribution in [3.63, 3.8) is 0 Å². The Kier molecular flexibility index (Phi) is 1.53. The molecule has 0 aliphatic heterocycles. The molecule has 3 aromatic heterocycles. The van der Waals surface area contributed by atoms with Gasteiger partial charge in [0.15, 0.2) is 11.9 Å². The third-order valence-electron chi connectivity index (χ3n) is 2.20. The molecule has 0 saturated heterocycles. The van der Waals surface area contributed by atoms with E-state index < -0.39 is 0 Å². The molecule has 0 atom stereocenters. The number of carbonyl (C=O) groups excluding carboxylic acids is 1. The van der Waals surface area contributed by atoms with Crippen LogP contribution in [0.15, 0.2) is 30.6 Å². The van der Waals surface area contributed by atoms with Gasteiger partial charge in [0.1, 0.15) is 5.52 Å². The van der Waals surface area contributed by atoms with Gasteiger partial charge in [0.2, 0.25) is 5.82 Å². The Morgan fingerprint density at radius 2 is 2.27 bits per heavy atom. The minimum Gasteiger partial charge on any atom is -0.294 e. The zero-order valence-corrected chi connectivity index (χ0v) is 7.66. The van der Waals surface area contributed by atoms with E-state index in [1.807, 2.05) is 18.2 Å². The van der Waals surface area contributed by atoms with Crippen molar-refractivity contribution in [3.05, 3.63) is 36.4 Å². The van der Waals surface area contributed by atoms with Crippen LogP contribution in [0.25, 0.3) is 16.6 Å². The van der Waals surface area contributed by atoms with E-state index in [0.29, 0.717) is 11.9 Å². The molecule has 0 saturated carbocycles. The molecule has 5 nitrogen and oxygen atoms in total. The predicted molar refractivity (Wildman–Crippen MR) is 53.7 cm³/mol. The highest BCUT2D eigenvalue weighted by molar-refractivity contribution is 5.90. The van der Waals surface area contributed by atoms with E-state index in [9.17, 15) is 4.79 Å². The van der Waals surface area contributed by atoms with E-state index in [4.69, 9.17) is 0 Å². The first-order chi connectivity index (χ1) is 7.38. The van der Waals surface area contributed by atoms with Gasteiger partial charge in [-0.15, -0.1) is 5.10 Å². The highest BCUT2D eigenvalue weighted by Gasteiger charge is 2.06. The summed E-state index contributed by atoms with van der Waals surface area (Å²) in [5, 5.41) is 4.96. The van der Waals surface area contributed by atoms with Crippen LogP contribution >= 0.6 is 0 Å². The van der Waals surface area contributed by atoms with E-state index in [2.05, 4.69) is 15.1 Å². The number of hydrogen-bond acceptors (Lipinski definition) is 4. The van der Waals surface area contributed by atoms with Crippen molar-refractivity contribution in [3.8, 4) is 0 Å². The first-order valence-electron chi connectivity index (χ1n) is 4.44. The Labute approximate surface area is 84.4 Å². The molecule has 0 radical (unpaired) electrons. The van der Waals surface area contributed by atoms with Gasteiger partial charge in [-0.25, -0.2) is 9.50 Å². The second kappa shape index (κ2) is 2.84. The summed E-state index contributed by atoms with van der Waals surface area (Å²) in [6.45, 7) is 0. The normalized spacial score (nSPS) is 10.9. The number of aldehydes is 1. The molecule has 0 bridgehead atoms. The fourth-order valence-corrected chi connectivity index (χ4v) is 1.55. The predicted octanol–water partition coefficient (Wildman–Crippen LogP) is 1.09. The van der Waals surface area contributed by atoms with E-state index in [0.717, 1.165) is 10.9 Å². The van der Waals surface area contributed by atoms with Gasteiger partial charge >= 0.3 is 0 Å². The summed E-state index contributed by atoms with van der Waals surface area (Å²) in [5.41, 5.74) is 1.36. The molecule has 3 rings (SSSR count). The molecule has 72 valence electrons. The van der Waals surface area contributed by atoms with Crippen molar-refractivity contribution in [2.75, 3.05) is 0 Å². The molecule has 0 N–H and O–H groups in total. The summed E-state index contributed by atoms with van der Waals surface area (Å²) in [6, 6.07) is 5.69. The van der Waals surface area contributed by atoms with Gasteiger partial charge in [-0.05, 0) is 12.1 Å². The molecule has 0 fully saturated rings. The number of rotatable bonds is 1. The van der Waals surface area contributed by atoms with Crippen LogP contribution in [0, 0.1) is 0 Å². The van der Waals surface area contributed by atoms with Crippen LogP contribution in [0.2, 0.25) is 0 Å². The first kappa shape index (κ1) is 8.05. The van der Waals surface area contributed by atoms with Crippen LogP contribution in [0.4, 0.5) is 0 Å². The zero-order valence-electron chi connectivity index (χ0n) is 7.66. The first-order valence-corrected chi connectivity index (χ1v) is 4.44. The highest BCUT2D eigenvalue weighted by atomic mass is 16.1. The summed E-state index contributed by atoms with van der Waals surface area (Å²) in [5.74, 6) is 0.174. The summed E-state index contributed by atoms with van der Waals surface area (Å²) < 4.78 is 1.55. The van der Waals surface area contributed by atoms with E-state index in [1.165, 1.54) is 0 Å². The van der Waals surface area contributed by atoms with Crippen LogP contribution < -0.4 is 0 Å². The van der Waals surface area contributed by atoms with Gasteiger partial charge in [0, 0.05) is 17.8 Å². The van der Waals surface area contributed by atoms with Crippen molar-refractivity contribution < 1.29 is 4.79 Å². The maximum absolute atomic E-state index is 10.6. The number of pyridine rings is 2. The molecule has 0 aliphatic carbocycles. The van der Waals surface area contributed by atoms with Gasteiger partial charge in [-0.2, -0.15) is 0 Å². The van der Waals surface area contributed by atoms with E-state index >= 15 is 0 Å². The molecule has 0 aliphatic rings. The molecule has 3 aromatic rings. The minimum atomic E-state index is 0.174. The quantitative estimate of drug-likeness (QED) is 0.549. The average molecular weight is 198 g/mol. The van der Waals surface area contributed by atoms with E-state index in [-0.39, 0.29) is 5.82 Å². The summed E-state index contributed by atoms with van der Waals surface area (Å²) in [6.07, 6.45) is 4.08. The van der Waals surface area contributed by atoms with Gasteiger partial charge in [-0.3, -0.25) is 9.78 Å². The molecule has 0 aromatic carbocycles. The SMILES string of the molecule is O=Cc1nc2c3ncccc3ccn2n1. The molecule has 5 heteroatoms. The van der Waals surface area contributed by atoms with Gasteiger partial charge in [0.25, 0.3) is 0 Å². The Morgan fingerprint density at radius 3 is 3.13 bits per heavy atom. The summed E-state index contributed by atoms with van der Waals surface area (Å²) >= 11 is 0. The fraction of sp³-hybridized carbons (Fsp3) is 0. The van der Waals surface area contributed by atoms with Gasteiger partial charge < -0.3 is 0 Å². The van der Waals surface area contributed by atoms with E-state index in [1.54, 1.807) is 16.9 Å². The van der Waals surface area contributed by atoms with Crippen molar-refractivity contribution in [1.82, 2.24) is 19.6 Å². The maximum Gasteiger partial charge on any atom is 0.215 e. The highest BCUT2D eigenvalue weighted by Crippen LogP contribution is 2.14. The fourth-order valence-electron chi connectivity index (χ4n) is 1.55. The monoisotopic (exact) mass is 198 g/mol. The maximum atomic E-state index is 10.6. The topological polar surface area (TPSA) is 60.2 Å². The third-order valence-corrected chi connectivity index (χ3v) is 2.20. The van der Waals surface area contributed by atoms with Gasteiger partial charge in [0.05, 0.1) is 0 Å². The summed E-state index contributed by atoms with van der Waals surface area (Å²) in [4.78, 5) is 18.9. The van der Waals surface area contributed by atoms with Crippen LogP contribution in [0.3, 0.4) is 0 Å². The Morgan fingerprint density at radius 1 is 1.33 bits per heavy atom. The number of hydrogen-bond donors (Lipinski definition) is 0. The number of aromatic nitrogens is 4. The number of carbonyl (C=O) groups is 1. The van der Waals surface area contributed by atoms with Crippen molar-refractivity contribution in [2.45, 2.75) is 0 Å². The minimum absolute atomic E-state index is 0.174. The zero-order chi connectivity index (χ0) is 10.3. The van der Waals surface area contributed by atoms with Crippen molar-refractivity contribution in [1.29, 1.82) is 0 Å². The molecule has 0 unspecified atom stereocenters. The lowest BCUT2D eigenvalue weighted by molar-refractivity contribution is 0.111. The van der Waals surface area contributed by atoms with Crippen molar-refractivity contribution >= 4 is 22.8 Å². The van der Waals surface area contributed by atoms with Crippen LogP contribution in [0.5, 0.6) is 0 Å². The van der Waals surface area contributed by atoms with Crippen LogP contribution in [-0.2, 0) is 0 Å². The number of nitrogens with zero attached hydrogens (tertiary/aromatic N) is 4. The standard InChI is InChI=1S/C10H6N4O/c15-6-8-12-10-9-7(2-1-4-11-9)3-5-14(10)13-8/h1-6H. The van der Waals surface area contributed by atoms with Crippen LogP contribution in [-0.4, -0.2) is 25.9 Å². The molecule has 15 heavy (non-hydrogen) atoms. The lowest BCUT2D eigenvalue weighted by Crippen LogP contribution is -1.89. The number of fused-ring (bicyclic) bond motifs is 3.